The molecule has 0 aliphatic carbocycles. The number of aryl methyl sites for hydroxylation is 1. The Morgan fingerprint density at radius 1 is 0.774 bits per heavy atom. The highest BCUT2D eigenvalue weighted by molar-refractivity contribution is 6.05. The first-order chi connectivity index (χ1) is 15.0. The number of hydrogen-bond acceptors (Lipinski definition) is 4. The highest BCUT2D eigenvalue weighted by Gasteiger charge is 2.12. The van der Waals surface area contributed by atoms with Crippen molar-refractivity contribution in [2.45, 2.75) is 19.8 Å². The number of rotatable bonds is 8. The number of nitrogens with one attached hydrogen (secondary N) is 2. The van der Waals surface area contributed by atoms with Gasteiger partial charge in [-0.25, -0.2) is 0 Å². The summed E-state index contributed by atoms with van der Waals surface area (Å²) in [5.41, 5.74) is 3.25. The average Bonchev–Trinajstić information content (AvgIpc) is 2.78. The molecule has 0 bridgehead atoms. The van der Waals surface area contributed by atoms with Crippen LogP contribution in [0.1, 0.15) is 39.1 Å². The van der Waals surface area contributed by atoms with Gasteiger partial charge in [-0.2, -0.15) is 0 Å². The van der Waals surface area contributed by atoms with Crippen molar-refractivity contribution in [1.29, 1.82) is 0 Å². The van der Waals surface area contributed by atoms with E-state index in [9.17, 15) is 14.4 Å². The topological polar surface area (TPSA) is 84.5 Å². The summed E-state index contributed by atoms with van der Waals surface area (Å²) in [7, 11) is 1.54. The van der Waals surface area contributed by atoms with Crippen LogP contribution >= 0.6 is 0 Å². The Bertz CT molecular complexity index is 1070. The van der Waals surface area contributed by atoms with Gasteiger partial charge in [-0.05, 0) is 43.3 Å². The Balaban J connectivity index is 1.52. The standard InChI is InChI=1S/C25H24N2O4/c1-17-7-9-18(10-8-17)22(28)15-16-24(29)26-20-13-11-19(12-14-20)25(30)27-21-5-3-4-6-23(21)31-2/h3-14H,15-16H2,1-2H3,(H,26,29)(H,27,30). The number of amides is 2. The first kappa shape index (κ1) is 21.8. The largest absolute Gasteiger partial charge is 0.495 e. The zero-order chi connectivity index (χ0) is 22.2. The van der Waals surface area contributed by atoms with Crippen molar-refractivity contribution >= 4 is 29.0 Å². The Morgan fingerprint density at radius 3 is 2.10 bits per heavy atom. The van der Waals surface area contributed by atoms with Crippen molar-refractivity contribution in [3.8, 4) is 5.75 Å². The van der Waals surface area contributed by atoms with Gasteiger partial charge in [0.25, 0.3) is 5.91 Å². The third-order valence-corrected chi connectivity index (χ3v) is 4.74. The number of para-hydroxylation sites is 2. The third kappa shape index (κ3) is 6.02. The fourth-order valence-corrected chi connectivity index (χ4v) is 2.98. The van der Waals surface area contributed by atoms with Crippen molar-refractivity contribution in [3.05, 3.63) is 89.5 Å². The molecule has 0 fully saturated rings. The zero-order valence-corrected chi connectivity index (χ0v) is 17.5. The lowest BCUT2D eigenvalue weighted by Gasteiger charge is -2.10. The van der Waals surface area contributed by atoms with Crippen LogP contribution in [0.4, 0.5) is 11.4 Å². The second kappa shape index (κ2) is 10.2. The predicted molar refractivity (Wildman–Crippen MR) is 121 cm³/mol. The van der Waals surface area contributed by atoms with Gasteiger partial charge in [0.05, 0.1) is 12.8 Å². The molecule has 0 aromatic heterocycles. The second-order valence-corrected chi connectivity index (χ2v) is 7.07. The summed E-state index contributed by atoms with van der Waals surface area (Å²) in [6, 6.07) is 21.0. The third-order valence-electron chi connectivity index (χ3n) is 4.74. The smallest absolute Gasteiger partial charge is 0.255 e. The van der Waals surface area contributed by atoms with Gasteiger partial charge >= 0.3 is 0 Å². The van der Waals surface area contributed by atoms with Gasteiger partial charge in [0.1, 0.15) is 5.75 Å². The summed E-state index contributed by atoms with van der Waals surface area (Å²) in [4.78, 5) is 36.8. The van der Waals surface area contributed by atoms with E-state index in [4.69, 9.17) is 4.74 Å². The lowest BCUT2D eigenvalue weighted by molar-refractivity contribution is -0.116. The van der Waals surface area contributed by atoms with E-state index in [1.165, 1.54) is 7.11 Å². The minimum atomic E-state index is -0.286. The summed E-state index contributed by atoms with van der Waals surface area (Å²) in [6.45, 7) is 1.95. The van der Waals surface area contributed by atoms with E-state index in [0.29, 0.717) is 28.3 Å². The molecule has 0 aliphatic rings. The Hall–Kier alpha value is -3.93. The molecule has 3 aromatic rings. The molecule has 0 saturated carbocycles. The molecule has 31 heavy (non-hydrogen) atoms. The number of benzene rings is 3. The maximum Gasteiger partial charge on any atom is 0.255 e. The molecule has 3 rings (SSSR count). The number of carbonyl (C=O) groups excluding carboxylic acids is 3. The summed E-state index contributed by atoms with van der Waals surface area (Å²) in [5, 5.41) is 5.55. The minimum absolute atomic E-state index is 0.0708. The Kier molecular flexibility index (Phi) is 7.17. The van der Waals surface area contributed by atoms with E-state index >= 15 is 0 Å². The van der Waals surface area contributed by atoms with Gasteiger partial charge in [0, 0.05) is 29.7 Å². The van der Waals surface area contributed by atoms with Gasteiger partial charge < -0.3 is 15.4 Å². The summed E-state index contributed by atoms with van der Waals surface area (Å²) in [5.74, 6) is -0.0452. The monoisotopic (exact) mass is 416 g/mol. The number of hydrogen-bond donors (Lipinski definition) is 2. The van der Waals surface area contributed by atoms with E-state index in [-0.39, 0.29) is 30.4 Å². The van der Waals surface area contributed by atoms with Gasteiger partial charge in [-0.3, -0.25) is 14.4 Å². The fraction of sp³-hybridized carbons (Fsp3) is 0.160. The Morgan fingerprint density at radius 2 is 1.42 bits per heavy atom. The van der Waals surface area contributed by atoms with Crippen LogP contribution in [0.5, 0.6) is 5.75 Å². The molecular weight excluding hydrogens is 392 g/mol. The quantitative estimate of drug-likeness (QED) is 0.514. The highest BCUT2D eigenvalue weighted by atomic mass is 16.5. The first-order valence-corrected chi connectivity index (χ1v) is 9.90. The maximum absolute atomic E-state index is 12.5. The summed E-state index contributed by atoms with van der Waals surface area (Å²) >= 11 is 0. The van der Waals surface area contributed by atoms with Crippen LogP contribution in [-0.2, 0) is 4.79 Å². The zero-order valence-electron chi connectivity index (χ0n) is 17.5. The van der Waals surface area contributed by atoms with E-state index in [1.54, 1.807) is 54.6 Å². The molecule has 158 valence electrons. The molecule has 0 heterocycles. The lowest BCUT2D eigenvalue weighted by Crippen LogP contribution is -2.15. The van der Waals surface area contributed by atoms with Crippen molar-refractivity contribution in [2.24, 2.45) is 0 Å². The maximum atomic E-state index is 12.5. The molecule has 0 saturated heterocycles. The molecule has 0 unspecified atom stereocenters. The molecule has 6 heteroatoms. The first-order valence-electron chi connectivity index (χ1n) is 9.90. The average molecular weight is 416 g/mol. The van der Waals surface area contributed by atoms with Crippen LogP contribution in [0.2, 0.25) is 0 Å². The van der Waals surface area contributed by atoms with Crippen molar-refractivity contribution in [3.63, 3.8) is 0 Å². The number of ether oxygens (including phenoxy) is 1. The highest BCUT2D eigenvalue weighted by Crippen LogP contribution is 2.24. The van der Waals surface area contributed by atoms with Crippen LogP contribution in [0, 0.1) is 6.92 Å². The lowest BCUT2D eigenvalue weighted by atomic mass is 10.0. The number of methoxy groups -OCH3 is 1. The van der Waals surface area contributed by atoms with E-state index < -0.39 is 0 Å². The number of Topliss-reactive ketones (excluding diaryl/α,β-unsaturated/α-hetero) is 1. The van der Waals surface area contributed by atoms with Gasteiger partial charge in [0.15, 0.2) is 5.78 Å². The van der Waals surface area contributed by atoms with Crippen LogP contribution in [0.3, 0.4) is 0 Å². The number of anilines is 2. The van der Waals surface area contributed by atoms with Crippen LogP contribution in [0.25, 0.3) is 0 Å². The molecule has 0 aliphatic heterocycles. The van der Waals surface area contributed by atoms with Crippen LogP contribution in [-0.4, -0.2) is 24.7 Å². The molecular formula is C25H24N2O4. The molecule has 3 aromatic carbocycles. The minimum Gasteiger partial charge on any atom is -0.495 e. The SMILES string of the molecule is COc1ccccc1NC(=O)c1ccc(NC(=O)CCC(=O)c2ccc(C)cc2)cc1. The van der Waals surface area contributed by atoms with E-state index in [2.05, 4.69) is 10.6 Å². The van der Waals surface area contributed by atoms with Gasteiger partial charge in [0.2, 0.25) is 5.91 Å². The normalized spacial score (nSPS) is 10.3. The fourth-order valence-electron chi connectivity index (χ4n) is 2.98. The summed E-state index contributed by atoms with van der Waals surface area (Å²) < 4.78 is 5.23. The van der Waals surface area contributed by atoms with Crippen molar-refractivity contribution < 1.29 is 19.1 Å². The predicted octanol–water partition coefficient (Wildman–Crippen LogP) is 4.86. The van der Waals surface area contributed by atoms with Crippen LogP contribution < -0.4 is 15.4 Å². The van der Waals surface area contributed by atoms with Gasteiger partial charge in [-0.15, -0.1) is 0 Å². The van der Waals surface area contributed by atoms with Crippen molar-refractivity contribution in [1.82, 2.24) is 0 Å². The molecule has 0 spiro atoms. The molecule has 6 nitrogen and oxygen atoms in total. The van der Waals surface area contributed by atoms with Crippen molar-refractivity contribution in [2.75, 3.05) is 17.7 Å². The number of ketones is 1. The molecule has 0 atom stereocenters. The number of carbonyl (C=O) groups is 3. The summed E-state index contributed by atoms with van der Waals surface area (Å²) in [6.07, 6.45) is 0.219. The van der Waals surface area contributed by atoms with Gasteiger partial charge in [-0.1, -0.05) is 42.0 Å². The molecule has 2 amide bonds. The second-order valence-electron chi connectivity index (χ2n) is 7.07. The molecule has 2 N–H and O–H groups in total. The molecule has 0 radical (unpaired) electrons. The van der Waals surface area contributed by atoms with Crippen LogP contribution in [0.15, 0.2) is 72.8 Å². The Labute approximate surface area is 181 Å². The van der Waals surface area contributed by atoms with E-state index in [0.717, 1.165) is 5.56 Å². The van der Waals surface area contributed by atoms with E-state index in [1.807, 2.05) is 25.1 Å².